The maximum absolute atomic E-state index is 6.09. The van der Waals surface area contributed by atoms with Crippen LogP contribution in [0.4, 0.5) is 0 Å². The van der Waals surface area contributed by atoms with E-state index in [0.29, 0.717) is 24.2 Å². The number of aryl methyl sites for hydroxylation is 3. The fraction of sp³-hybridized carbons (Fsp3) is 0.474. The summed E-state index contributed by atoms with van der Waals surface area (Å²) in [6, 6.07) is 6.10. The molecular weight excluding hydrogens is 288 g/mol. The van der Waals surface area contributed by atoms with Crippen molar-refractivity contribution >= 4 is 0 Å². The van der Waals surface area contributed by atoms with Crippen molar-refractivity contribution in [2.45, 2.75) is 53.9 Å². The van der Waals surface area contributed by atoms with Crippen LogP contribution in [0.1, 0.15) is 48.7 Å². The number of rotatable bonds is 7. The van der Waals surface area contributed by atoms with Crippen molar-refractivity contribution in [2.24, 2.45) is 0 Å². The highest BCUT2D eigenvalue weighted by Gasteiger charge is 2.14. The smallest absolute Gasteiger partial charge is 0.229 e. The number of nitrogens with zero attached hydrogens (tertiary/aromatic N) is 2. The van der Waals surface area contributed by atoms with Gasteiger partial charge in [-0.2, -0.15) is 9.97 Å². The molecule has 0 N–H and O–H groups in total. The van der Waals surface area contributed by atoms with E-state index in [-0.39, 0.29) is 0 Å². The lowest BCUT2D eigenvalue weighted by Gasteiger charge is -2.15. The first-order chi connectivity index (χ1) is 11.0. The fourth-order valence-electron chi connectivity index (χ4n) is 2.40. The molecule has 4 heteroatoms. The molecule has 0 saturated heterocycles. The molecule has 1 aromatic heterocycles. The van der Waals surface area contributed by atoms with Gasteiger partial charge in [-0.25, -0.2) is 0 Å². The van der Waals surface area contributed by atoms with Crippen LogP contribution in [0, 0.1) is 27.7 Å². The summed E-state index contributed by atoms with van der Waals surface area (Å²) in [7, 11) is 0. The van der Waals surface area contributed by atoms with Crippen molar-refractivity contribution < 1.29 is 9.47 Å². The molecule has 0 aliphatic heterocycles. The van der Waals surface area contributed by atoms with E-state index in [1.807, 2.05) is 45.9 Å². The summed E-state index contributed by atoms with van der Waals surface area (Å²) in [6.07, 6.45) is 3.37. The van der Waals surface area contributed by atoms with Crippen LogP contribution >= 0.6 is 0 Å². The predicted molar refractivity (Wildman–Crippen MR) is 92.5 cm³/mol. The quantitative estimate of drug-likeness (QED) is 0.669. The van der Waals surface area contributed by atoms with Crippen molar-refractivity contribution in [3.8, 4) is 17.5 Å². The Morgan fingerprint density at radius 3 is 2.22 bits per heavy atom. The normalized spacial score (nSPS) is 10.7. The molecular formula is C19H26N2O2. The van der Waals surface area contributed by atoms with Crippen LogP contribution in [-0.2, 0) is 0 Å². The Morgan fingerprint density at radius 1 is 0.913 bits per heavy atom. The van der Waals surface area contributed by atoms with E-state index in [4.69, 9.17) is 9.47 Å². The zero-order valence-electron chi connectivity index (χ0n) is 14.8. The minimum atomic E-state index is 0.570. The number of ether oxygens (including phenoxy) is 2. The Balaban J connectivity index is 2.23. The Hall–Kier alpha value is -2.10. The second kappa shape index (κ2) is 7.95. The van der Waals surface area contributed by atoms with Crippen LogP contribution in [0.3, 0.4) is 0 Å². The van der Waals surface area contributed by atoms with Gasteiger partial charge in [0.15, 0.2) is 0 Å². The molecule has 1 aromatic carbocycles. The van der Waals surface area contributed by atoms with Crippen molar-refractivity contribution in [1.29, 1.82) is 0 Å². The van der Waals surface area contributed by atoms with E-state index in [1.165, 1.54) is 6.42 Å². The summed E-state index contributed by atoms with van der Waals surface area (Å²) in [5.74, 6) is 2.70. The van der Waals surface area contributed by atoms with Crippen molar-refractivity contribution in [3.63, 3.8) is 0 Å². The van der Waals surface area contributed by atoms with Crippen LogP contribution in [0.25, 0.3) is 0 Å². The molecule has 0 radical (unpaired) electrons. The highest BCUT2D eigenvalue weighted by molar-refractivity contribution is 5.44. The Morgan fingerprint density at radius 2 is 1.57 bits per heavy atom. The molecule has 0 spiro atoms. The topological polar surface area (TPSA) is 44.2 Å². The van der Waals surface area contributed by atoms with Gasteiger partial charge in [-0.15, -0.1) is 0 Å². The lowest BCUT2D eigenvalue weighted by atomic mass is 10.1. The maximum Gasteiger partial charge on any atom is 0.229 e. The summed E-state index contributed by atoms with van der Waals surface area (Å²) in [4.78, 5) is 8.85. The molecule has 0 saturated carbocycles. The minimum absolute atomic E-state index is 0.570. The molecule has 4 nitrogen and oxygen atoms in total. The van der Waals surface area contributed by atoms with E-state index in [2.05, 4.69) is 16.9 Å². The molecule has 2 aromatic rings. The highest BCUT2D eigenvalue weighted by atomic mass is 16.5. The second-order valence-electron chi connectivity index (χ2n) is 5.88. The van der Waals surface area contributed by atoms with Gasteiger partial charge < -0.3 is 9.47 Å². The third kappa shape index (κ3) is 4.44. The summed E-state index contributed by atoms with van der Waals surface area (Å²) in [6.45, 7) is 10.7. The molecule has 0 fully saturated rings. The van der Waals surface area contributed by atoms with E-state index in [9.17, 15) is 0 Å². The summed E-state index contributed by atoms with van der Waals surface area (Å²) in [5.41, 5.74) is 3.02. The van der Waals surface area contributed by atoms with Gasteiger partial charge in [0.1, 0.15) is 11.6 Å². The summed E-state index contributed by atoms with van der Waals surface area (Å²) in [5, 5.41) is 0. The molecule has 23 heavy (non-hydrogen) atoms. The van der Waals surface area contributed by atoms with Crippen LogP contribution in [0.5, 0.6) is 17.5 Å². The van der Waals surface area contributed by atoms with Gasteiger partial charge in [0.05, 0.1) is 12.2 Å². The van der Waals surface area contributed by atoms with Crippen LogP contribution in [0.2, 0.25) is 0 Å². The molecule has 1 heterocycles. The average Bonchev–Trinajstić information content (AvgIpc) is 2.51. The Bertz CT molecular complexity index is 648. The first-order valence-corrected chi connectivity index (χ1v) is 8.25. The van der Waals surface area contributed by atoms with Crippen molar-refractivity contribution in [2.75, 3.05) is 6.61 Å². The van der Waals surface area contributed by atoms with Gasteiger partial charge in [0.25, 0.3) is 0 Å². The van der Waals surface area contributed by atoms with Gasteiger partial charge in [-0.1, -0.05) is 38.0 Å². The van der Waals surface area contributed by atoms with Gasteiger partial charge in [0, 0.05) is 0 Å². The second-order valence-corrected chi connectivity index (χ2v) is 5.88. The highest BCUT2D eigenvalue weighted by Crippen LogP contribution is 2.32. The average molecular weight is 314 g/mol. The number of benzene rings is 1. The molecule has 0 amide bonds. The Labute approximate surface area is 138 Å². The molecule has 0 aliphatic rings. The van der Waals surface area contributed by atoms with Crippen LogP contribution in [0.15, 0.2) is 18.2 Å². The number of hydrogen-bond acceptors (Lipinski definition) is 4. The zero-order valence-corrected chi connectivity index (χ0v) is 14.8. The largest absolute Gasteiger partial charge is 0.477 e. The monoisotopic (exact) mass is 314 g/mol. The van der Waals surface area contributed by atoms with Crippen LogP contribution in [-0.4, -0.2) is 16.6 Å². The maximum atomic E-state index is 6.09. The standard InChI is InChI=1S/C19H26N2O2/c1-6-7-8-12-22-18-15(4)19(21-16(5)20-18)23-17-13(2)10-9-11-14(17)3/h9-11H,6-8,12H2,1-5H3. The number of hydrogen-bond donors (Lipinski definition) is 0. The first kappa shape index (κ1) is 17.3. The molecule has 0 bridgehead atoms. The summed E-state index contributed by atoms with van der Waals surface area (Å²) < 4.78 is 11.9. The third-order valence-corrected chi connectivity index (χ3v) is 3.76. The molecule has 0 unspecified atom stereocenters. The van der Waals surface area contributed by atoms with Gasteiger partial charge in [-0.3, -0.25) is 0 Å². The van der Waals surface area contributed by atoms with Crippen molar-refractivity contribution in [1.82, 2.24) is 9.97 Å². The lowest BCUT2D eigenvalue weighted by molar-refractivity contribution is 0.288. The lowest BCUT2D eigenvalue weighted by Crippen LogP contribution is -2.05. The fourth-order valence-corrected chi connectivity index (χ4v) is 2.40. The number of aromatic nitrogens is 2. The molecule has 124 valence electrons. The van der Waals surface area contributed by atoms with Gasteiger partial charge >= 0.3 is 0 Å². The van der Waals surface area contributed by atoms with Gasteiger partial charge in [0.2, 0.25) is 11.8 Å². The van der Waals surface area contributed by atoms with E-state index in [0.717, 1.165) is 35.3 Å². The third-order valence-electron chi connectivity index (χ3n) is 3.76. The van der Waals surface area contributed by atoms with Gasteiger partial charge in [-0.05, 0) is 45.2 Å². The molecule has 0 atom stereocenters. The predicted octanol–water partition coefficient (Wildman–Crippen LogP) is 5.07. The summed E-state index contributed by atoms with van der Waals surface area (Å²) >= 11 is 0. The minimum Gasteiger partial charge on any atom is -0.477 e. The Kier molecular flexibility index (Phi) is 5.97. The first-order valence-electron chi connectivity index (χ1n) is 8.25. The SMILES string of the molecule is CCCCCOc1nc(C)nc(Oc2c(C)cccc2C)c1C. The van der Waals surface area contributed by atoms with Crippen LogP contribution < -0.4 is 9.47 Å². The van der Waals surface area contributed by atoms with Crippen molar-refractivity contribution in [3.05, 3.63) is 40.7 Å². The van der Waals surface area contributed by atoms with E-state index in [1.54, 1.807) is 0 Å². The molecule has 2 rings (SSSR count). The van der Waals surface area contributed by atoms with E-state index >= 15 is 0 Å². The number of unbranched alkanes of at least 4 members (excludes halogenated alkanes) is 2. The number of para-hydroxylation sites is 1. The van der Waals surface area contributed by atoms with E-state index < -0.39 is 0 Å². The molecule has 0 aliphatic carbocycles. The zero-order chi connectivity index (χ0) is 16.8.